The smallest absolute Gasteiger partial charge is 0.0285 e. The molecule has 1 aromatic carbocycles. The summed E-state index contributed by atoms with van der Waals surface area (Å²) in [5.41, 5.74) is 4.33. The van der Waals surface area contributed by atoms with E-state index in [1.54, 1.807) is 0 Å². The Labute approximate surface area is 95.9 Å². The van der Waals surface area contributed by atoms with E-state index in [0.717, 1.165) is 5.33 Å². The van der Waals surface area contributed by atoms with E-state index >= 15 is 0 Å². The van der Waals surface area contributed by atoms with Crippen molar-refractivity contribution in [1.29, 1.82) is 0 Å². The SMILES string of the molecule is CC(C)c1ccc(C(C)C)c(CBr)c1. The highest BCUT2D eigenvalue weighted by atomic mass is 79.9. The van der Waals surface area contributed by atoms with Crippen LogP contribution in [0, 0.1) is 0 Å². The molecule has 0 amide bonds. The highest BCUT2D eigenvalue weighted by molar-refractivity contribution is 9.08. The summed E-state index contributed by atoms with van der Waals surface area (Å²) < 4.78 is 0. The summed E-state index contributed by atoms with van der Waals surface area (Å²) in [7, 11) is 0. The molecular weight excluding hydrogens is 236 g/mol. The fourth-order valence-electron chi connectivity index (χ4n) is 1.66. The summed E-state index contributed by atoms with van der Waals surface area (Å²) in [6, 6.07) is 6.86. The van der Waals surface area contributed by atoms with Gasteiger partial charge in [-0.05, 0) is 28.5 Å². The van der Waals surface area contributed by atoms with Crippen LogP contribution in [0.25, 0.3) is 0 Å². The van der Waals surface area contributed by atoms with E-state index in [-0.39, 0.29) is 0 Å². The van der Waals surface area contributed by atoms with E-state index in [1.165, 1.54) is 16.7 Å². The van der Waals surface area contributed by atoms with Gasteiger partial charge in [0.15, 0.2) is 0 Å². The third-order valence-electron chi connectivity index (χ3n) is 2.60. The van der Waals surface area contributed by atoms with Crippen LogP contribution in [0.5, 0.6) is 0 Å². The average molecular weight is 255 g/mol. The molecule has 0 atom stereocenters. The van der Waals surface area contributed by atoms with E-state index in [2.05, 4.69) is 61.8 Å². The van der Waals surface area contributed by atoms with Crippen molar-refractivity contribution in [1.82, 2.24) is 0 Å². The van der Waals surface area contributed by atoms with Crippen molar-refractivity contribution < 1.29 is 0 Å². The zero-order valence-corrected chi connectivity index (χ0v) is 11.1. The van der Waals surface area contributed by atoms with Crippen LogP contribution < -0.4 is 0 Å². The van der Waals surface area contributed by atoms with Crippen molar-refractivity contribution in [3.63, 3.8) is 0 Å². The van der Waals surface area contributed by atoms with Crippen molar-refractivity contribution in [2.45, 2.75) is 44.9 Å². The van der Waals surface area contributed by atoms with Gasteiger partial charge in [-0.3, -0.25) is 0 Å². The van der Waals surface area contributed by atoms with Gasteiger partial charge in [0.2, 0.25) is 0 Å². The van der Waals surface area contributed by atoms with Crippen molar-refractivity contribution in [2.24, 2.45) is 0 Å². The van der Waals surface area contributed by atoms with Crippen molar-refractivity contribution in [3.8, 4) is 0 Å². The topological polar surface area (TPSA) is 0 Å². The monoisotopic (exact) mass is 254 g/mol. The number of hydrogen-bond acceptors (Lipinski definition) is 0. The highest BCUT2D eigenvalue weighted by Crippen LogP contribution is 2.25. The van der Waals surface area contributed by atoms with Crippen LogP contribution >= 0.6 is 15.9 Å². The minimum Gasteiger partial charge on any atom is -0.0876 e. The molecule has 1 rings (SSSR count). The van der Waals surface area contributed by atoms with Crippen molar-refractivity contribution >= 4 is 15.9 Å². The molecule has 0 aromatic heterocycles. The number of rotatable bonds is 3. The largest absolute Gasteiger partial charge is 0.0876 e. The molecule has 0 aliphatic carbocycles. The number of halogens is 1. The van der Waals surface area contributed by atoms with Gasteiger partial charge in [-0.1, -0.05) is 61.8 Å². The van der Waals surface area contributed by atoms with Crippen LogP contribution in [0.1, 0.15) is 56.2 Å². The normalized spacial score (nSPS) is 11.4. The maximum absolute atomic E-state index is 3.56. The molecule has 1 aromatic rings. The lowest BCUT2D eigenvalue weighted by atomic mass is 9.93. The number of alkyl halides is 1. The van der Waals surface area contributed by atoms with Gasteiger partial charge in [-0.15, -0.1) is 0 Å². The molecule has 0 fully saturated rings. The molecule has 0 unspecified atom stereocenters. The molecule has 0 aliphatic rings. The fourth-order valence-corrected chi connectivity index (χ4v) is 2.15. The van der Waals surface area contributed by atoms with Crippen LogP contribution in [0.3, 0.4) is 0 Å². The van der Waals surface area contributed by atoms with Gasteiger partial charge in [0.05, 0.1) is 0 Å². The Kier molecular flexibility index (Phi) is 4.18. The van der Waals surface area contributed by atoms with Crippen molar-refractivity contribution in [2.75, 3.05) is 0 Å². The second-order valence-electron chi connectivity index (χ2n) is 4.40. The van der Waals surface area contributed by atoms with E-state index < -0.39 is 0 Å². The van der Waals surface area contributed by atoms with Gasteiger partial charge in [-0.2, -0.15) is 0 Å². The van der Waals surface area contributed by atoms with Gasteiger partial charge in [-0.25, -0.2) is 0 Å². The summed E-state index contributed by atoms with van der Waals surface area (Å²) in [6.45, 7) is 8.97. The first kappa shape index (κ1) is 11.8. The molecule has 0 saturated heterocycles. The summed E-state index contributed by atoms with van der Waals surface area (Å²) in [5.74, 6) is 1.23. The van der Waals surface area contributed by atoms with Crippen LogP contribution in [-0.2, 0) is 5.33 Å². The van der Waals surface area contributed by atoms with Crippen LogP contribution in [0.15, 0.2) is 18.2 Å². The predicted molar refractivity (Wildman–Crippen MR) is 67.3 cm³/mol. The average Bonchev–Trinajstić information content (AvgIpc) is 2.16. The molecule has 0 spiro atoms. The standard InChI is InChI=1S/C13H19Br/c1-9(2)11-5-6-13(10(3)4)12(7-11)8-14/h5-7,9-10H,8H2,1-4H3. The summed E-state index contributed by atoms with van der Waals surface area (Å²) in [6.07, 6.45) is 0. The van der Waals surface area contributed by atoms with E-state index in [0.29, 0.717) is 11.8 Å². The van der Waals surface area contributed by atoms with Gasteiger partial charge in [0.1, 0.15) is 0 Å². The van der Waals surface area contributed by atoms with Crippen LogP contribution in [-0.4, -0.2) is 0 Å². The Hall–Kier alpha value is -0.300. The zero-order chi connectivity index (χ0) is 10.7. The molecule has 14 heavy (non-hydrogen) atoms. The lowest BCUT2D eigenvalue weighted by Gasteiger charge is -2.14. The first-order chi connectivity index (χ1) is 6.56. The Morgan fingerprint density at radius 1 is 1.07 bits per heavy atom. The molecule has 1 heteroatoms. The van der Waals surface area contributed by atoms with Crippen LogP contribution in [0.2, 0.25) is 0 Å². The Bertz CT molecular complexity index is 300. The Morgan fingerprint density at radius 3 is 2.14 bits per heavy atom. The minimum absolute atomic E-state index is 0.615. The zero-order valence-electron chi connectivity index (χ0n) is 9.47. The first-order valence-corrected chi connectivity index (χ1v) is 6.37. The Morgan fingerprint density at radius 2 is 1.71 bits per heavy atom. The molecule has 0 N–H and O–H groups in total. The molecule has 0 radical (unpaired) electrons. The fraction of sp³-hybridized carbons (Fsp3) is 0.538. The lowest BCUT2D eigenvalue weighted by Crippen LogP contribution is -1.97. The molecule has 0 bridgehead atoms. The van der Waals surface area contributed by atoms with Gasteiger partial charge < -0.3 is 0 Å². The quantitative estimate of drug-likeness (QED) is 0.679. The van der Waals surface area contributed by atoms with Crippen LogP contribution in [0.4, 0.5) is 0 Å². The third-order valence-corrected chi connectivity index (χ3v) is 3.20. The second kappa shape index (κ2) is 4.97. The molecule has 0 aliphatic heterocycles. The van der Waals surface area contributed by atoms with Crippen molar-refractivity contribution in [3.05, 3.63) is 34.9 Å². The van der Waals surface area contributed by atoms with E-state index in [1.807, 2.05) is 0 Å². The summed E-state index contributed by atoms with van der Waals surface area (Å²) >= 11 is 3.56. The molecule has 78 valence electrons. The molecule has 0 nitrogen and oxygen atoms in total. The summed E-state index contributed by atoms with van der Waals surface area (Å²) in [5, 5.41) is 0.959. The highest BCUT2D eigenvalue weighted by Gasteiger charge is 2.07. The van der Waals surface area contributed by atoms with Gasteiger partial charge >= 0.3 is 0 Å². The summed E-state index contributed by atoms with van der Waals surface area (Å²) in [4.78, 5) is 0. The molecule has 0 saturated carbocycles. The third kappa shape index (κ3) is 2.60. The maximum atomic E-state index is 3.56. The van der Waals surface area contributed by atoms with Gasteiger partial charge in [0, 0.05) is 5.33 Å². The minimum atomic E-state index is 0.615. The number of benzene rings is 1. The second-order valence-corrected chi connectivity index (χ2v) is 4.96. The first-order valence-electron chi connectivity index (χ1n) is 5.25. The van der Waals surface area contributed by atoms with Gasteiger partial charge in [0.25, 0.3) is 0 Å². The van der Waals surface area contributed by atoms with E-state index in [4.69, 9.17) is 0 Å². The Balaban J connectivity index is 3.11. The number of hydrogen-bond donors (Lipinski definition) is 0. The lowest BCUT2D eigenvalue weighted by molar-refractivity contribution is 0.834. The predicted octanol–water partition coefficient (Wildman–Crippen LogP) is 4.83. The maximum Gasteiger partial charge on any atom is 0.0285 e. The molecule has 0 heterocycles. The van der Waals surface area contributed by atoms with E-state index in [9.17, 15) is 0 Å². The molecular formula is C13H19Br.